The number of benzene rings is 1. The van der Waals surface area contributed by atoms with Crippen LogP contribution in [0.2, 0.25) is 0 Å². The Kier molecular flexibility index (Phi) is 6.10. The highest BCUT2D eigenvalue weighted by Gasteiger charge is 2.34. The first-order chi connectivity index (χ1) is 13.9. The fraction of sp³-hybridized carbons (Fsp3) is 0.650. The summed E-state index contributed by atoms with van der Waals surface area (Å²) in [4.78, 5) is 16.3. The lowest BCUT2D eigenvalue weighted by molar-refractivity contribution is -0.134. The van der Waals surface area contributed by atoms with Crippen molar-refractivity contribution in [2.45, 2.75) is 19.3 Å². The van der Waals surface area contributed by atoms with Crippen LogP contribution in [0.4, 0.5) is 0 Å². The molecule has 1 aliphatic carbocycles. The predicted molar refractivity (Wildman–Crippen MR) is 110 cm³/mol. The van der Waals surface area contributed by atoms with Gasteiger partial charge in [0, 0.05) is 52.4 Å². The molecule has 3 aliphatic rings. The molecule has 1 amide bonds. The third-order valence-electron chi connectivity index (χ3n) is 6.14. The zero-order chi connectivity index (χ0) is 20.4. The van der Waals surface area contributed by atoms with Gasteiger partial charge >= 0.3 is 0 Å². The van der Waals surface area contributed by atoms with Crippen molar-refractivity contribution in [3.8, 4) is 5.75 Å². The van der Waals surface area contributed by atoms with Crippen molar-refractivity contribution < 1.29 is 17.9 Å². The molecule has 2 saturated heterocycles. The lowest BCUT2D eigenvalue weighted by Crippen LogP contribution is -2.57. The lowest BCUT2D eigenvalue weighted by Gasteiger charge is -2.39. The average Bonchev–Trinajstić information content (AvgIpc) is 3.20. The summed E-state index contributed by atoms with van der Waals surface area (Å²) in [6, 6.07) is 6.05. The van der Waals surface area contributed by atoms with Gasteiger partial charge in [0.1, 0.15) is 5.75 Å². The van der Waals surface area contributed by atoms with Crippen LogP contribution >= 0.6 is 0 Å². The molecule has 9 heteroatoms. The number of hydrogen-bond acceptors (Lipinski definition) is 5. The topological polar surface area (TPSA) is 73.4 Å². The second-order valence-corrected chi connectivity index (χ2v) is 9.99. The Balaban J connectivity index is 1.26. The van der Waals surface area contributed by atoms with E-state index in [9.17, 15) is 13.2 Å². The molecule has 0 unspecified atom stereocenters. The summed E-state index contributed by atoms with van der Waals surface area (Å²) in [5, 5.41) is 0. The van der Waals surface area contributed by atoms with E-state index in [0.717, 1.165) is 31.7 Å². The Morgan fingerprint density at radius 2 is 1.55 bits per heavy atom. The van der Waals surface area contributed by atoms with Gasteiger partial charge in [0.15, 0.2) is 6.61 Å². The van der Waals surface area contributed by atoms with E-state index in [0.29, 0.717) is 39.3 Å². The largest absolute Gasteiger partial charge is 0.484 e. The first-order valence-corrected chi connectivity index (χ1v) is 11.8. The molecule has 2 aliphatic heterocycles. The number of ether oxygens (including phenoxy) is 1. The number of carbonyl (C=O) groups excluding carboxylic acids is 1. The van der Waals surface area contributed by atoms with Crippen LogP contribution in [-0.2, 0) is 27.8 Å². The van der Waals surface area contributed by atoms with E-state index in [-0.39, 0.29) is 12.5 Å². The fourth-order valence-corrected chi connectivity index (χ4v) is 5.80. The van der Waals surface area contributed by atoms with Crippen molar-refractivity contribution in [3.63, 3.8) is 0 Å². The number of rotatable bonds is 5. The quantitative estimate of drug-likeness (QED) is 0.677. The van der Waals surface area contributed by atoms with Crippen LogP contribution in [0.25, 0.3) is 0 Å². The van der Waals surface area contributed by atoms with Crippen molar-refractivity contribution in [3.05, 3.63) is 29.3 Å². The summed E-state index contributed by atoms with van der Waals surface area (Å²) < 4.78 is 34.4. The van der Waals surface area contributed by atoms with Crippen molar-refractivity contribution in [1.29, 1.82) is 0 Å². The molecule has 0 N–H and O–H groups in total. The maximum Gasteiger partial charge on any atom is 0.282 e. The molecule has 0 bridgehead atoms. The van der Waals surface area contributed by atoms with Crippen LogP contribution in [0, 0.1) is 0 Å². The maximum absolute atomic E-state index is 12.8. The zero-order valence-corrected chi connectivity index (χ0v) is 17.9. The molecule has 0 aromatic heterocycles. The van der Waals surface area contributed by atoms with Crippen LogP contribution in [0.3, 0.4) is 0 Å². The summed E-state index contributed by atoms with van der Waals surface area (Å²) in [5.74, 6) is 0.637. The van der Waals surface area contributed by atoms with Gasteiger partial charge in [-0.2, -0.15) is 17.0 Å². The van der Waals surface area contributed by atoms with Gasteiger partial charge in [-0.3, -0.25) is 4.79 Å². The highest BCUT2D eigenvalue weighted by molar-refractivity contribution is 7.86. The molecule has 1 aromatic carbocycles. The standard InChI is InChI=1S/C20H30N4O4S/c1-21-7-11-23(12-8-21)29(26,27)24-13-9-22(10-14-24)20(25)16-28-19-6-5-17-3-2-4-18(17)15-19/h5-6,15H,2-4,7-14,16H2,1H3. The Hall–Kier alpha value is -1.68. The van der Waals surface area contributed by atoms with E-state index in [2.05, 4.69) is 11.0 Å². The van der Waals surface area contributed by atoms with Gasteiger partial charge in [-0.15, -0.1) is 0 Å². The molecule has 4 rings (SSSR count). The minimum atomic E-state index is -3.45. The first kappa shape index (κ1) is 20.6. The molecule has 2 fully saturated rings. The van der Waals surface area contributed by atoms with E-state index in [1.807, 2.05) is 19.2 Å². The van der Waals surface area contributed by atoms with E-state index in [4.69, 9.17) is 4.74 Å². The third-order valence-corrected chi connectivity index (χ3v) is 8.17. The Bertz CT molecular complexity index is 844. The monoisotopic (exact) mass is 422 g/mol. The van der Waals surface area contributed by atoms with Gasteiger partial charge in [-0.05, 0) is 49.6 Å². The van der Waals surface area contributed by atoms with E-state index < -0.39 is 10.2 Å². The summed E-state index contributed by atoms with van der Waals surface area (Å²) in [5.41, 5.74) is 2.69. The maximum atomic E-state index is 12.8. The molecule has 160 valence electrons. The summed E-state index contributed by atoms with van der Waals surface area (Å²) in [6.45, 7) is 4.00. The van der Waals surface area contributed by atoms with Gasteiger partial charge in [-0.1, -0.05) is 6.07 Å². The molecular weight excluding hydrogens is 392 g/mol. The van der Waals surface area contributed by atoms with Crippen LogP contribution in [-0.4, -0.2) is 98.7 Å². The van der Waals surface area contributed by atoms with Gasteiger partial charge in [0.2, 0.25) is 0 Å². The number of fused-ring (bicyclic) bond motifs is 1. The highest BCUT2D eigenvalue weighted by Crippen LogP contribution is 2.26. The SMILES string of the molecule is CN1CCN(S(=O)(=O)N2CCN(C(=O)COc3ccc4c(c3)CCC4)CC2)CC1. The minimum absolute atomic E-state index is 0.00992. The van der Waals surface area contributed by atoms with Crippen LogP contribution in [0.1, 0.15) is 17.5 Å². The highest BCUT2D eigenvalue weighted by atomic mass is 32.2. The van der Waals surface area contributed by atoms with E-state index in [1.165, 1.54) is 21.9 Å². The van der Waals surface area contributed by atoms with Gasteiger partial charge in [-0.25, -0.2) is 0 Å². The smallest absolute Gasteiger partial charge is 0.282 e. The fourth-order valence-electron chi connectivity index (χ4n) is 4.22. The Morgan fingerprint density at radius 3 is 2.24 bits per heavy atom. The molecule has 2 heterocycles. The van der Waals surface area contributed by atoms with Gasteiger partial charge in [0.05, 0.1) is 0 Å². The lowest BCUT2D eigenvalue weighted by atomic mass is 10.1. The average molecular weight is 423 g/mol. The van der Waals surface area contributed by atoms with E-state index >= 15 is 0 Å². The molecule has 1 aromatic rings. The summed E-state index contributed by atoms with van der Waals surface area (Å²) >= 11 is 0. The minimum Gasteiger partial charge on any atom is -0.484 e. The van der Waals surface area contributed by atoms with Gasteiger partial charge in [0.25, 0.3) is 16.1 Å². The molecule has 0 radical (unpaired) electrons. The zero-order valence-electron chi connectivity index (χ0n) is 17.0. The number of hydrogen-bond donors (Lipinski definition) is 0. The number of carbonyl (C=O) groups is 1. The predicted octanol–water partition coefficient (Wildman–Crippen LogP) is 0.191. The third kappa shape index (κ3) is 4.58. The number of aryl methyl sites for hydroxylation is 2. The summed E-state index contributed by atoms with van der Waals surface area (Å²) in [6.07, 6.45) is 3.37. The molecule has 8 nitrogen and oxygen atoms in total. The van der Waals surface area contributed by atoms with Crippen LogP contribution < -0.4 is 4.74 Å². The second-order valence-electron chi connectivity index (χ2n) is 8.06. The van der Waals surface area contributed by atoms with Crippen molar-refractivity contribution in [2.75, 3.05) is 66.0 Å². The van der Waals surface area contributed by atoms with Crippen molar-refractivity contribution in [1.82, 2.24) is 18.4 Å². The number of nitrogens with zero attached hydrogens (tertiary/aromatic N) is 4. The first-order valence-electron chi connectivity index (χ1n) is 10.4. The normalized spacial score (nSPS) is 21.9. The van der Waals surface area contributed by atoms with Crippen molar-refractivity contribution in [2.24, 2.45) is 0 Å². The Labute approximate surface area is 173 Å². The molecular formula is C20H30N4O4S. The number of piperazine rings is 2. The number of amides is 1. The number of likely N-dealkylation sites (N-methyl/N-ethyl adjacent to an activating group) is 1. The Morgan fingerprint density at radius 1 is 0.931 bits per heavy atom. The second kappa shape index (κ2) is 8.59. The van der Waals surface area contributed by atoms with Crippen molar-refractivity contribution >= 4 is 16.1 Å². The molecule has 0 atom stereocenters. The molecule has 29 heavy (non-hydrogen) atoms. The van der Waals surface area contributed by atoms with E-state index in [1.54, 1.807) is 9.21 Å². The van der Waals surface area contributed by atoms with Crippen LogP contribution in [0.5, 0.6) is 5.75 Å². The van der Waals surface area contributed by atoms with Gasteiger partial charge < -0.3 is 14.5 Å². The van der Waals surface area contributed by atoms with Crippen LogP contribution in [0.15, 0.2) is 18.2 Å². The summed E-state index contributed by atoms with van der Waals surface area (Å²) in [7, 11) is -1.45. The molecule has 0 spiro atoms. The molecule has 0 saturated carbocycles.